The fourth-order valence-corrected chi connectivity index (χ4v) is 5.40. The summed E-state index contributed by atoms with van der Waals surface area (Å²) < 4.78 is 0. The van der Waals surface area contributed by atoms with E-state index in [1.54, 1.807) is 0 Å². The number of fused-ring (bicyclic) bond motifs is 4. The van der Waals surface area contributed by atoms with Crippen molar-refractivity contribution < 1.29 is 0 Å². The lowest BCUT2D eigenvalue weighted by atomic mass is 9.82. The predicted molar refractivity (Wildman–Crippen MR) is 141 cm³/mol. The maximum atomic E-state index is 2.33. The van der Waals surface area contributed by atoms with Gasteiger partial charge in [-0.3, -0.25) is 0 Å². The van der Waals surface area contributed by atoms with Gasteiger partial charge < -0.3 is 4.90 Å². The number of anilines is 2. The summed E-state index contributed by atoms with van der Waals surface area (Å²) in [7, 11) is 2.18. The van der Waals surface area contributed by atoms with E-state index in [4.69, 9.17) is 0 Å². The molecule has 0 N–H and O–H groups in total. The average Bonchev–Trinajstić information content (AvgIpc) is 3.10. The SMILES string of the molecule is CN(c1ccc(-c2ccc3ccccc3c2)cc1)c1cccc2c1-c1ccccc1C2(C)C. The second-order valence-corrected chi connectivity index (χ2v) is 9.54. The minimum absolute atomic E-state index is 0.0166. The van der Waals surface area contributed by atoms with E-state index in [1.165, 1.54) is 55.5 Å². The molecule has 0 amide bonds. The van der Waals surface area contributed by atoms with E-state index in [-0.39, 0.29) is 5.41 Å². The highest BCUT2D eigenvalue weighted by Gasteiger charge is 2.36. The molecule has 0 aliphatic heterocycles. The first kappa shape index (κ1) is 19.8. The predicted octanol–water partition coefficient (Wildman–Crippen LogP) is 8.58. The Hall–Kier alpha value is -3.84. The summed E-state index contributed by atoms with van der Waals surface area (Å²) in [5, 5.41) is 2.55. The Balaban J connectivity index is 1.39. The Morgan fingerprint density at radius 2 is 1.24 bits per heavy atom. The van der Waals surface area contributed by atoms with Crippen molar-refractivity contribution in [1.29, 1.82) is 0 Å². The first-order valence-electron chi connectivity index (χ1n) is 11.6. The molecule has 33 heavy (non-hydrogen) atoms. The van der Waals surface area contributed by atoms with Gasteiger partial charge in [-0.2, -0.15) is 0 Å². The fourth-order valence-electron chi connectivity index (χ4n) is 5.40. The molecule has 0 saturated heterocycles. The van der Waals surface area contributed by atoms with Crippen molar-refractivity contribution in [3.63, 3.8) is 0 Å². The normalized spacial score (nSPS) is 13.5. The maximum absolute atomic E-state index is 2.33. The van der Waals surface area contributed by atoms with Crippen LogP contribution < -0.4 is 4.90 Å². The Morgan fingerprint density at radius 3 is 2.06 bits per heavy atom. The van der Waals surface area contributed by atoms with Gasteiger partial charge in [0.1, 0.15) is 0 Å². The van der Waals surface area contributed by atoms with Crippen molar-refractivity contribution in [1.82, 2.24) is 0 Å². The fraction of sp³-hybridized carbons (Fsp3) is 0.125. The van der Waals surface area contributed by atoms with E-state index in [9.17, 15) is 0 Å². The summed E-state index contributed by atoms with van der Waals surface area (Å²) in [5.41, 5.74) is 10.5. The molecule has 1 nitrogen and oxygen atoms in total. The molecule has 0 atom stereocenters. The van der Waals surface area contributed by atoms with Gasteiger partial charge in [0.25, 0.3) is 0 Å². The highest BCUT2D eigenvalue weighted by Crippen LogP contribution is 2.52. The van der Waals surface area contributed by atoms with E-state index in [1.807, 2.05) is 0 Å². The van der Waals surface area contributed by atoms with Gasteiger partial charge in [0.15, 0.2) is 0 Å². The Morgan fingerprint density at radius 1 is 0.576 bits per heavy atom. The zero-order valence-corrected chi connectivity index (χ0v) is 19.3. The second kappa shape index (κ2) is 7.35. The largest absolute Gasteiger partial charge is 0.344 e. The minimum Gasteiger partial charge on any atom is -0.344 e. The van der Waals surface area contributed by atoms with Gasteiger partial charge in [-0.25, -0.2) is 0 Å². The zero-order valence-electron chi connectivity index (χ0n) is 19.3. The van der Waals surface area contributed by atoms with Crippen LogP contribution in [0.3, 0.4) is 0 Å². The third-order valence-corrected chi connectivity index (χ3v) is 7.28. The van der Waals surface area contributed by atoms with E-state index >= 15 is 0 Å². The van der Waals surface area contributed by atoms with Crippen LogP contribution >= 0.6 is 0 Å². The van der Waals surface area contributed by atoms with Crippen molar-refractivity contribution in [3.05, 3.63) is 120 Å². The van der Waals surface area contributed by atoms with Gasteiger partial charge in [0.05, 0.1) is 0 Å². The van der Waals surface area contributed by atoms with Crippen LogP contribution in [-0.4, -0.2) is 7.05 Å². The molecule has 5 aromatic rings. The van der Waals surface area contributed by atoms with Gasteiger partial charge in [-0.15, -0.1) is 0 Å². The molecule has 0 unspecified atom stereocenters. The van der Waals surface area contributed by atoms with E-state index in [0.717, 1.165) is 0 Å². The standard InChI is InChI=1S/C32H27N/c1-32(2)28-12-7-6-11-27(28)31-29(32)13-8-14-30(31)33(3)26-19-17-23(18-20-26)25-16-15-22-9-4-5-10-24(22)21-25/h4-21H,1-3H3. The van der Waals surface area contributed by atoms with Crippen LogP contribution in [0, 0.1) is 0 Å². The Labute approximate surface area is 195 Å². The molecule has 0 fully saturated rings. The van der Waals surface area contributed by atoms with Crippen molar-refractivity contribution in [3.8, 4) is 22.3 Å². The molecule has 6 rings (SSSR count). The molecule has 0 heterocycles. The van der Waals surface area contributed by atoms with Crippen LogP contribution in [0.1, 0.15) is 25.0 Å². The molecule has 1 aliphatic rings. The van der Waals surface area contributed by atoms with Crippen LogP contribution in [0.15, 0.2) is 109 Å². The average molecular weight is 426 g/mol. The second-order valence-electron chi connectivity index (χ2n) is 9.54. The molecule has 0 saturated carbocycles. The van der Waals surface area contributed by atoms with Crippen LogP contribution in [0.2, 0.25) is 0 Å². The minimum atomic E-state index is 0.0166. The number of rotatable bonds is 3. The third-order valence-electron chi connectivity index (χ3n) is 7.28. The van der Waals surface area contributed by atoms with E-state index in [0.29, 0.717) is 0 Å². The molecule has 160 valence electrons. The van der Waals surface area contributed by atoms with Gasteiger partial charge in [0.2, 0.25) is 0 Å². The monoisotopic (exact) mass is 425 g/mol. The number of hydrogen-bond acceptors (Lipinski definition) is 1. The first-order valence-corrected chi connectivity index (χ1v) is 11.6. The molecule has 0 radical (unpaired) electrons. The Kier molecular flexibility index (Phi) is 4.41. The lowest BCUT2D eigenvalue weighted by Crippen LogP contribution is -2.15. The highest BCUT2D eigenvalue weighted by atomic mass is 15.1. The lowest BCUT2D eigenvalue weighted by Gasteiger charge is -2.25. The Bertz CT molecular complexity index is 1490. The van der Waals surface area contributed by atoms with Crippen molar-refractivity contribution in [2.45, 2.75) is 19.3 Å². The quantitative estimate of drug-likeness (QED) is 0.280. The van der Waals surface area contributed by atoms with Gasteiger partial charge >= 0.3 is 0 Å². The molecular weight excluding hydrogens is 398 g/mol. The smallest absolute Gasteiger partial charge is 0.0491 e. The molecule has 1 heteroatoms. The summed E-state index contributed by atoms with van der Waals surface area (Å²) >= 11 is 0. The molecule has 5 aromatic carbocycles. The molecule has 0 bridgehead atoms. The summed E-state index contributed by atoms with van der Waals surface area (Å²) in [6.45, 7) is 4.67. The molecule has 0 aromatic heterocycles. The van der Waals surface area contributed by atoms with Gasteiger partial charge in [0, 0.05) is 29.4 Å². The number of nitrogens with zero attached hydrogens (tertiary/aromatic N) is 1. The third kappa shape index (κ3) is 3.08. The van der Waals surface area contributed by atoms with Crippen LogP contribution in [-0.2, 0) is 5.41 Å². The van der Waals surface area contributed by atoms with Crippen LogP contribution in [0.5, 0.6) is 0 Å². The first-order chi connectivity index (χ1) is 16.0. The lowest BCUT2D eigenvalue weighted by molar-refractivity contribution is 0.660. The topological polar surface area (TPSA) is 3.24 Å². The number of hydrogen-bond donors (Lipinski definition) is 0. The van der Waals surface area contributed by atoms with Crippen LogP contribution in [0.25, 0.3) is 33.0 Å². The van der Waals surface area contributed by atoms with E-state index < -0.39 is 0 Å². The summed E-state index contributed by atoms with van der Waals surface area (Å²) in [6.07, 6.45) is 0. The summed E-state index contributed by atoms with van der Waals surface area (Å²) in [5.74, 6) is 0. The van der Waals surface area contributed by atoms with Crippen molar-refractivity contribution in [2.75, 3.05) is 11.9 Å². The van der Waals surface area contributed by atoms with Gasteiger partial charge in [-0.05, 0) is 62.9 Å². The van der Waals surface area contributed by atoms with Gasteiger partial charge in [-0.1, -0.05) is 98.8 Å². The van der Waals surface area contributed by atoms with Crippen LogP contribution in [0.4, 0.5) is 11.4 Å². The van der Waals surface area contributed by atoms with Crippen molar-refractivity contribution >= 4 is 22.1 Å². The molecule has 1 aliphatic carbocycles. The number of benzene rings is 5. The molecular formula is C32H27N. The zero-order chi connectivity index (χ0) is 22.6. The van der Waals surface area contributed by atoms with E-state index in [2.05, 4.69) is 135 Å². The molecule has 0 spiro atoms. The maximum Gasteiger partial charge on any atom is 0.0491 e. The summed E-state index contributed by atoms with van der Waals surface area (Å²) in [6, 6.07) is 39.7. The highest BCUT2D eigenvalue weighted by molar-refractivity contribution is 5.92. The van der Waals surface area contributed by atoms with Crippen molar-refractivity contribution in [2.24, 2.45) is 0 Å². The summed E-state index contributed by atoms with van der Waals surface area (Å²) in [4.78, 5) is 2.32.